The maximum atomic E-state index is 13.8. The van der Waals surface area contributed by atoms with E-state index in [-0.39, 0.29) is 16.7 Å². The zero-order chi connectivity index (χ0) is 29.4. The second-order valence-electron chi connectivity index (χ2n) is 11.2. The molecule has 1 atom stereocenters. The lowest BCUT2D eigenvalue weighted by atomic mass is 9.96. The Morgan fingerprint density at radius 3 is 2.55 bits per heavy atom. The first-order valence-electron chi connectivity index (χ1n) is 13.3. The molecule has 2 aromatic carbocycles. The number of nitrogens with one attached hydrogen (secondary N) is 2. The molecule has 4 aromatic rings. The fourth-order valence-electron chi connectivity index (χ4n) is 4.44. The van der Waals surface area contributed by atoms with Crippen LogP contribution in [0.2, 0.25) is 0 Å². The summed E-state index contributed by atoms with van der Waals surface area (Å²) in [4.78, 5) is 4.39. The molecular formula is C30H28FN9. The van der Waals surface area contributed by atoms with Crippen LogP contribution in [0, 0.1) is 39.4 Å². The maximum Gasteiger partial charge on any atom is 0.115 e. The molecule has 0 bridgehead atoms. The van der Waals surface area contributed by atoms with Crippen molar-refractivity contribution in [2.45, 2.75) is 45.2 Å². The van der Waals surface area contributed by atoms with E-state index in [0.29, 0.717) is 58.4 Å². The molecule has 0 aliphatic heterocycles. The number of hydrogen-bond acceptors (Lipinski definition) is 8. The summed E-state index contributed by atoms with van der Waals surface area (Å²) in [6, 6.07) is 14.6. The molecule has 2 aromatic heterocycles. The highest BCUT2D eigenvalue weighted by atomic mass is 19.1. The molecule has 0 saturated heterocycles. The van der Waals surface area contributed by atoms with Gasteiger partial charge in [-0.1, -0.05) is 38.1 Å². The van der Waals surface area contributed by atoms with Gasteiger partial charge in [0.2, 0.25) is 0 Å². The van der Waals surface area contributed by atoms with E-state index in [1.807, 2.05) is 0 Å². The number of nitrogens with zero attached hydrogens (tertiary/aromatic N) is 7. The number of fused-ring (bicyclic) bond motifs is 1. The van der Waals surface area contributed by atoms with Crippen LogP contribution in [0.1, 0.15) is 68.9 Å². The van der Waals surface area contributed by atoms with E-state index >= 15 is 0 Å². The molecule has 2 N–H and O–H groups in total. The fourth-order valence-corrected chi connectivity index (χ4v) is 4.44. The second-order valence-corrected chi connectivity index (χ2v) is 11.2. The van der Waals surface area contributed by atoms with E-state index in [2.05, 4.69) is 64.9 Å². The highest BCUT2D eigenvalue weighted by Gasteiger charge is 2.46. The summed E-state index contributed by atoms with van der Waals surface area (Å²) in [7, 11) is 0. The minimum absolute atomic E-state index is 0.0946. The number of halogens is 1. The smallest absolute Gasteiger partial charge is 0.115 e. The van der Waals surface area contributed by atoms with Gasteiger partial charge in [-0.3, -0.25) is 4.98 Å². The van der Waals surface area contributed by atoms with Gasteiger partial charge in [0.15, 0.2) is 0 Å². The number of rotatable bonds is 8. The molecule has 200 valence electrons. The lowest BCUT2D eigenvalue weighted by molar-refractivity contribution is 0.309. The molecular weight excluding hydrogens is 505 g/mol. The Balaban J connectivity index is 1.67. The number of hydrogen-bond donors (Lipinski definition) is 2. The van der Waals surface area contributed by atoms with E-state index in [4.69, 9.17) is 0 Å². The summed E-state index contributed by atoms with van der Waals surface area (Å²) in [5, 5.41) is 44.9. The van der Waals surface area contributed by atoms with Crippen molar-refractivity contribution in [3.8, 4) is 18.2 Å². The Hall–Kier alpha value is -5.01. The van der Waals surface area contributed by atoms with Gasteiger partial charge in [0.25, 0.3) is 0 Å². The largest absolute Gasteiger partial charge is 0.383 e. The summed E-state index contributed by atoms with van der Waals surface area (Å²) < 4.78 is 24.9. The minimum Gasteiger partial charge on any atom is -0.383 e. The normalized spacial score (nSPS) is 15.7. The van der Waals surface area contributed by atoms with Gasteiger partial charge in [-0.25, -0.2) is 9.07 Å². The minimum atomic E-state index is -1.77. The first-order valence-corrected chi connectivity index (χ1v) is 12.8. The zero-order valence-electron chi connectivity index (χ0n) is 23.5. The van der Waals surface area contributed by atoms with Crippen LogP contribution < -0.4 is 10.6 Å². The van der Waals surface area contributed by atoms with E-state index in [1.165, 1.54) is 10.9 Å². The monoisotopic (exact) mass is 534 g/mol. The third-order valence-electron chi connectivity index (χ3n) is 6.87. The quantitative estimate of drug-likeness (QED) is 0.300. The molecule has 5 rings (SSSR count). The molecule has 0 radical (unpaired) electrons. The average molecular weight is 535 g/mol. The summed E-state index contributed by atoms with van der Waals surface area (Å²) in [6.45, 7) is 6.16. The van der Waals surface area contributed by atoms with Crippen LogP contribution in [-0.2, 0) is 5.54 Å². The number of alkyl halides is 1. The second kappa shape index (κ2) is 10.3. The Kier molecular flexibility index (Phi) is 6.50. The van der Waals surface area contributed by atoms with Gasteiger partial charge in [-0.2, -0.15) is 15.8 Å². The number of pyridine rings is 1. The molecule has 2 heterocycles. The Morgan fingerprint density at radius 2 is 1.90 bits per heavy atom. The molecule has 1 aliphatic rings. The number of aromatic nitrogens is 4. The van der Waals surface area contributed by atoms with Crippen molar-refractivity contribution in [3.05, 3.63) is 76.7 Å². The Bertz CT molecular complexity index is 1770. The molecule has 1 saturated carbocycles. The molecule has 10 heteroatoms. The zero-order valence-corrected chi connectivity index (χ0v) is 22.5. The van der Waals surface area contributed by atoms with E-state index in [9.17, 15) is 21.5 Å². The van der Waals surface area contributed by atoms with Crippen molar-refractivity contribution < 1.29 is 5.76 Å². The van der Waals surface area contributed by atoms with Gasteiger partial charge in [0, 0.05) is 23.8 Å². The highest BCUT2D eigenvalue weighted by Crippen LogP contribution is 2.43. The summed E-state index contributed by atoms with van der Waals surface area (Å²) in [5.41, 5.74) is 2.03. The van der Waals surface area contributed by atoms with Crippen LogP contribution in [0.15, 0.2) is 48.8 Å². The topological polar surface area (TPSA) is 139 Å². The first-order chi connectivity index (χ1) is 19.6. The highest BCUT2D eigenvalue weighted by molar-refractivity contribution is 5.99. The summed E-state index contributed by atoms with van der Waals surface area (Å²) in [6.07, 6.45) is 4.26. The summed E-state index contributed by atoms with van der Waals surface area (Å²) >= 11 is 0. The lowest BCUT2D eigenvalue weighted by Gasteiger charge is -2.22. The van der Waals surface area contributed by atoms with E-state index in [1.54, 1.807) is 42.6 Å². The lowest BCUT2D eigenvalue weighted by Crippen LogP contribution is -2.20. The SMILES string of the molecule is [2H]C(Nc1cc(C#N)c2ncc(C#N)c(NCC(C)(C)C)c2c1)(c1cccc(C#N)c1)c1cn(C2(CF)CC2)nn1. The average Bonchev–Trinajstić information content (AvgIpc) is 3.60. The fraction of sp³-hybridized carbons (Fsp3) is 0.333. The Labute approximate surface area is 233 Å². The molecule has 1 fully saturated rings. The first kappa shape index (κ1) is 25.3. The maximum absolute atomic E-state index is 13.8. The number of anilines is 2. The summed E-state index contributed by atoms with van der Waals surface area (Å²) in [5.74, 6) is 0. The van der Waals surface area contributed by atoms with Gasteiger partial charge in [0.1, 0.15) is 24.5 Å². The van der Waals surface area contributed by atoms with Crippen molar-refractivity contribution >= 4 is 22.3 Å². The predicted octanol–water partition coefficient (Wildman–Crippen LogP) is 5.56. The van der Waals surface area contributed by atoms with Crippen LogP contribution in [0.5, 0.6) is 0 Å². The predicted molar refractivity (Wildman–Crippen MR) is 149 cm³/mol. The van der Waals surface area contributed by atoms with Gasteiger partial charge in [-0.05, 0) is 48.1 Å². The van der Waals surface area contributed by atoms with Crippen LogP contribution in [0.25, 0.3) is 10.9 Å². The molecule has 0 spiro atoms. The van der Waals surface area contributed by atoms with Crippen molar-refractivity contribution in [2.24, 2.45) is 5.41 Å². The van der Waals surface area contributed by atoms with E-state index in [0.717, 1.165) is 0 Å². The standard InChI is InChI=1S/C30H28FN9/c1-29(2,3)18-36-27-22(14-34)15-35-26-21(13-33)10-23(11-24(26)27)37-28(20-6-4-5-19(9-20)12-32)25-16-40(39-38-25)30(17-31)7-8-30/h4-6,9-11,15-16,28,37H,7-8,17-18H2,1-3H3,(H,35,36)/i28D. The van der Waals surface area contributed by atoms with Crippen LogP contribution in [-0.4, -0.2) is 33.2 Å². The molecule has 9 nitrogen and oxygen atoms in total. The number of nitriles is 3. The van der Waals surface area contributed by atoms with E-state index < -0.39 is 18.2 Å². The third-order valence-corrected chi connectivity index (χ3v) is 6.87. The molecule has 1 aliphatic carbocycles. The molecule has 1 unspecified atom stereocenters. The van der Waals surface area contributed by atoms with Gasteiger partial charge >= 0.3 is 0 Å². The van der Waals surface area contributed by atoms with Crippen LogP contribution in [0.3, 0.4) is 0 Å². The molecule has 0 amide bonds. The Morgan fingerprint density at radius 1 is 1.12 bits per heavy atom. The van der Waals surface area contributed by atoms with Gasteiger partial charge in [-0.15, -0.1) is 5.10 Å². The number of benzene rings is 2. The van der Waals surface area contributed by atoms with Crippen molar-refractivity contribution in [1.82, 2.24) is 20.0 Å². The molecule has 40 heavy (non-hydrogen) atoms. The van der Waals surface area contributed by atoms with Crippen molar-refractivity contribution in [1.29, 1.82) is 15.8 Å². The third kappa shape index (κ3) is 5.15. The van der Waals surface area contributed by atoms with Gasteiger partial charge < -0.3 is 10.6 Å². The van der Waals surface area contributed by atoms with Crippen LogP contribution in [0.4, 0.5) is 15.8 Å². The van der Waals surface area contributed by atoms with Crippen molar-refractivity contribution in [3.63, 3.8) is 0 Å². The van der Waals surface area contributed by atoms with Gasteiger partial charge in [0.05, 0.1) is 53.1 Å². The van der Waals surface area contributed by atoms with Crippen molar-refractivity contribution in [2.75, 3.05) is 23.9 Å². The van der Waals surface area contributed by atoms with Crippen LogP contribution >= 0.6 is 0 Å².